The summed E-state index contributed by atoms with van der Waals surface area (Å²) in [6.45, 7) is 5.11. The quantitative estimate of drug-likeness (QED) is 0.592. The van der Waals surface area contributed by atoms with Crippen molar-refractivity contribution >= 4 is 5.96 Å². The lowest BCUT2D eigenvalue weighted by Gasteiger charge is -2.26. The molecule has 0 aliphatic carbocycles. The van der Waals surface area contributed by atoms with Gasteiger partial charge in [0.15, 0.2) is 5.96 Å². The second-order valence-corrected chi connectivity index (χ2v) is 6.84. The number of aliphatic imine (C=N–C) groups is 1. The zero-order valence-corrected chi connectivity index (χ0v) is 15.7. The van der Waals surface area contributed by atoms with Crippen LogP contribution in [0.3, 0.4) is 0 Å². The molecule has 0 atom stereocenters. The molecule has 140 valence electrons. The SMILES string of the molecule is CN=C(NCCc1ccco1)NCc1ccc(CN2CCCCC2)cc1. The molecule has 5 heteroatoms. The maximum Gasteiger partial charge on any atom is 0.191 e. The van der Waals surface area contributed by atoms with Gasteiger partial charge in [0, 0.05) is 33.1 Å². The third kappa shape index (κ3) is 5.92. The Balaban J connectivity index is 1.39. The van der Waals surface area contributed by atoms with Crippen LogP contribution in [0.25, 0.3) is 0 Å². The first-order valence-corrected chi connectivity index (χ1v) is 9.60. The Morgan fingerprint density at radius 3 is 2.50 bits per heavy atom. The Morgan fingerprint density at radius 2 is 1.81 bits per heavy atom. The normalized spacial score (nSPS) is 15.8. The van der Waals surface area contributed by atoms with Crippen LogP contribution in [0.2, 0.25) is 0 Å². The highest BCUT2D eigenvalue weighted by molar-refractivity contribution is 5.79. The Kier molecular flexibility index (Phi) is 7.14. The molecule has 1 aromatic heterocycles. The summed E-state index contributed by atoms with van der Waals surface area (Å²) >= 11 is 0. The third-order valence-electron chi connectivity index (χ3n) is 4.81. The largest absolute Gasteiger partial charge is 0.469 e. The van der Waals surface area contributed by atoms with Gasteiger partial charge in [0.25, 0.3) is 0 Å². The second kappa shape index (κ2) is 10.0. The van der Waals surface area contributed by atoms with Crippen molar-refractivity contribution in [3.63, 3.8) is 0 Å². The van der Waals surface area contributed by atoms with E-state index in [-0.39, 0.29) is 0 Å². The van der Waals surface area contributed by atoms with Crippen LogP contribution in [0.5, 0.6) is 0 Å². The topological polar surface area (TPSA) is 52.8 Å². The Bertz CT molecular complexity index is 658. The van der Waals surface area contributed by atoms with Crippen molar-refractivity contribution in [3.05, 3.63) is 59.5 Å². The van der Waals surface area contributed by atoms with Crippen molar-refractivity contribution in [1.29, 1.82) is 0 Å². The molecule has 3 rings (SSSR count). The smallest absolute Gasteiger partial charge is 0.191 e. The summed E-state index contributed by atoms with van der Waals surface area (Å²) < 4.78 is 5.34. The van der Waals surface area contributed by atoms with E-state index < -0.39 is 0 Å². The van der Waals surface area contributed by atoms with E-state index in [4.69, 9.17) is 4.42 Å². The molecular formula is C21H30N4O. The van der Waals surface area contributed by atoms with Gasteiger partial charge in [-0.15, -0.1) is 0 Å². The molecule has 5 nitrogen and oxygen atoms in total. The van der Waals surface area contributed by atoms with E-state index in [0.29, 0.717) is 0 Å². The van der Waals surface area contributed by atoms with Gasteiger partial charge in [-0.1, -0.05) is 30.7 Å². The number of rotatable bonds is 7. The first-order valence-electron chi connectivity index (χ1n) is 9.60. The van der Waals surface area contributed by atoms with Crippen LogP contribution in [-0.4, -0.2) is 37.5 Å². The van der Waals surface area contributed by atoms with Gasteiger partial charge in [-0.25, -0.2) is 0 Å². The molecule has 0 bridgehead atoms. The van der Waals surface area contributed by atoms with E-state index in [1.54, 1.807) is 13.3 Å². The average Bonchev–Trinajstić information content (AvgIpc) is 3.20. The minimum absolute atomic E-state index is 0.768. The number of hydrogen-bond acceptors (Lipinski definition) is 3. The minimum atomic E-state index is 0.768. The lowest BCUT2D eigenvalue weighted by atomic mass is 10.1. The van der Waals surface area contributed by atoms with Gasteiger partial charge in [-0.3, -0.25) is 9.89 Å². The van der Waals surface area contributed by atoms with Crippen LogP contribution in [0, 0.1) is 0 Å². The summed E-state index contributed by atoms with van der Waals surface area (Å²) in [6, 6.07) is 12.8. The number of likely N-dealkylation sites (tertiary alicyclic amines) is 1. The van der Waals surface area contributed by atoms with Crippen molar-refractivity contribution in [3.8, 4) is 0 Å². The van der Waals surface area contributed by atoms with Gasteiger partial charge in [-0.05, 0) is 49.2 Å². The van der Waals surface area contributed by atoms with Gasteiger partial charge in [0.2, 0.25) is 0 Å². The highest BCUT2D eigenvalue weighted by atomic mass is 16.3. The van der Waals surface area contributed by atoms with Gasteiger partial charge < -0.3 is 15.1 Å². The Hall–Kier alpha value is -2.27. The predicted octanol–water partition coefficient (Wildman–Crippen LogP) is 3.17. The van der Waals surface area contributed by atoms with Crippen LogP contribution in [-0.2, 0) is 19.5 Å². The molecule has 0 amide bonds. The van der Waals surface area contributed by atoms with Crippen molar-refractivity contribution in [1.82, 2.24) is 15.5 Å². The lowest BCUT2D eigenvalue weighted by Crippen LogP contribution is -2.37. The fourth-order valence-corrected chi connectivity index (χ4v) is 3.30. The average molecular weight is 354 g/mol. The van der Waals surface area contributed by atoms with Crippen LogP contribution in [0.1, 0.15) is 36.1 Å². The van der Waals surface area contributed by atoms with Crippen molar-refractivity contribution in [2.75, 3.05) is 26.7 Å². The van der Waals surface area contributed by atoms with Crippen molar-refractivity contribution in [2.24, 2.45) is 4.99 Å². The molecule has 1 saturated heterocycles. The van der Waals surface area contributed by atoms with E-state index >= 15 is 0 Å². The number of guanidine groups is 1. The van der Waals surface area contributed by atoms with Gasteiger partial charge in [0.05, 0.1) is 6.26 Å². The van der Waals surface area contributed by atoms with E-state index in [0.717, 1.165) is 37.8 Å². The summed E-state index contributed by atoms with van der Waals surface area (Å²) in [5, 5.41) is 6.68. The molecule has 1 aliphatic heterocycles. The molecule has 1 aliphatic rings. The zero-order valence-electron chi connectivity index (χ0n) is 15.7. The van der Waals surface area contributed by atoms with Crippen LogP contribution >= 0.6 is 0 Å². The first kappa shape index (κ1) is 18.5. The highest BCUT2D eigenvalue weighted by Gasteiger charge is 2.10. The standard InChI is InChI=1S/C21H30N4O/c1-22-21(23-12-11-20-6-5-15-26-20)24-16-18-7-9-19(10-8-18)17-25-13-3-2-4-14-25/h5-10,15H,2-4,11-14,16-17H2,1H3,(H2,22,23,24). The van der Waals surface area contributed by atoms with Gasteiger partial charge in [-0.2, -0.15) is 0 Å². The first-order chi connectivity index (χ1) is 12.8. The summed E-state index contributed by atoms with van der Waals surface area (Å²) in [5.41, 5.74) is 2.66. The molecule has 26 heavy (non-hydrogen) atoms. The van der Waals surface area contributed by atoms with Crippen LogP contribution in [0.4, 0.5) is 0 Å². The van der Waals surface area contributed by atoms with Crippen molar-refractivity contribution in [2.45, 2.75) is 38.8 Å². The van der Waals surface area contributed by atoms with E-state index in [1.165, 1.54) is 43.5 Å². The number of furan rings is 1. The summed E-state index contributed by atoms with van der Waals surface area (Å²) in [7, 11) is 1.80. The number of nitrogens with zero attached hydrogens (tertiary/aromatic N) is 2. The predicted molar refractivity (Wildman–Crippen MR) is 106 cm³/mol. The van der Waals surface area contributed by atoms with Crippen LogP contribution in [0.15, 0.2) is 52.1 Å². The fourth-order valence-electron chi connectivity index (χ4n) is 3.30. The molecule has 2 heterocycles. The zero-order chi connectivity index (χ0) is 18.0. The van der Waals surface area contributed by atoms with Gasteiger partial charge in [0.1, 0.15) is 5.76 Å². The van der Waals surface area contributed by atoms with Gasteiger partial charge >= 0.3 is 0 Å². The van der Waals surface area contributed by atoms with Crippen LogP contribution < -0.4 is 10.6 Å². The fraction of sp³-hybridized carbons (Fsp3) is 0.476. The lowest BCUT2D eigenvalue weighted by molar-refractivity contribution is 0.221. The maximum absolute atomic E-state index is 5.34. The molecule has 1 aromatic carbocycles. The van der Waals surface area contributed by atoms with E-state index in [9.17, 15) is 0 Å². The van der Waals surface area contributed by atoms with Crippen molar-refractivity contribution < 1.29 is 4.42 Å². The van der Waals surface area contributed by atoms with E-state index in [1.807, 2.05) is 12.1 Å². The third-order valence-corrected chi connectivity index (χ3v) is 4.81. The Labute approximate surface area is 156 Å². The number of nitrogens with one attached hydrogen (secondary N) is 2. The summed E-state index contributed by atoms with van der Waals surface area (Å²) in [4.78, 5) is 6.83. The number of hydrogen-bond donors (Lipinski definition) is 2. The molecule has 0 saturated carbocycles. The van der Waals surface area contributed by atoms with E-state index in [2.05, 4.69) is 44.8 Å². The summed E-state index contributed by atoms with van der Waals surface area (Å²) in [5.74, 6) is 1.80. The molecule has 2 N–H and O–H groups in total. The molecule has 0 unspecified atom stereocenters. The maximum atomic E-state index is 5.34. The molecular weight excluding hydrogens is 324 g/mol. The number of benzene rings is 1. The number of piperidine rings is 1. The minimum Gasteiger partial charge on any atom is -0.469 e. The molecule has 1 fully saturated rings. The molecule has 0 spiro atoms. The monoisotopic (exact) mass is 354 g/mol. The molecule has 0 radical (unpaired) electrons. The molecule has 2 aromatic rings. The Morgan fingerprint density at radius 1 is 1.04 bits per heavy atom. The highest BCUT2D eigenvalue weighted by Crippen LogP contribution is 2.13. The second-order valence-electron chi connectivity index (χ2n) is 6.84. The summed E-state index contributed by atoms with van der Waals surface area (Å²) in [6.07, 6.45) is 6.62.